The van der Waals surface area contributed by atoms with Crippen molar-refractivity contribution in [2.75, 3.05) is 19.0 Å². The van der Waals surface area contributed by atoms with Gasteiger partial charge in [-0.25, -0.2) is 8.42 Å². The van der Waals surface area contributed by atoms with Crippen molar-refractivity contribution in [2.45, 2.75) is 4.90 Å². The Morgan fingerprint density at radius 2 is 1.78 bits per heavy atom. The van der Waals surface area contributed by atoms with Gasteiger partial charge in [0.05, 0.1) is 10.0 Å². The number of sulfonamides is 1. The highest BCUT2D eigenvalue weighted by atomic mass is 79.9. The monoisotopic (exact) mass is 391 g/mol. The second-order valence-corrected chi connectivity index (χ2v) is 7.95. The molecule has 1 aromatic carbocycles. The first-order valence-electron chi connectivity index (χ1n) is 5.07. The number of halogens is 4. The van der Waals surface area contributed by atoms with Gasteiger partial charge < -0.3 is 0 Å². The van der Waals surface area contributed by atoms with Crippen LogP contribution in [0.5, 0.6) is 0 Å². The molecule has 1 aliphatic rings. The first-order chi connectivity index (χ1) is 8.36. The van der Waals surface area contributed by atoms with Crippen LogP contribution in [0, 0.1) is 5.92 Å². The van der Waals surface area contributed by atoms with E-state index >= 15 is 0 Å². The van der Waals surface area contributed by atoms with Gasteiger partial charge in [-0.2, -0.15) is 4.31 Å². The molecule has 0 unspecified atom stereocenters. The van der Waals surface area contributed by atoms with Gasteiger partial charge >= 0.3 is 0 Å². The molecule has 18 heavy (non-hydrogen) atoms. The van der Waals surface area contributed by atoms with E-state index in [1.807, 2.05) is 0 Å². The van der Waals surface area contributed by atoms with Crippen molar-refractivity contribution in [1.29, 1.82) is 0 Å². The van der Waals surface area contributed by atoms with Crippen LogP contribution < -0.4 is 0 Å². The number of nitrogens with zero attached hydrogens (tertiary/aromatic N) is 1. The fraction of sp³-hybridized carbons (Fsp3) is 0.400. The molecule has 1 aromatic rings. The summed E-state index contributed by atoms with van der Waals surface area (Å²) in [7, 11) is -3.63. The molecule has 0 amide bonds. The van der Waals surface area contributed by atoms with Crippen molar-refractivity contribution >= 4 is 60.8 Å². The third-order valence-corrected chi connectivity index (χ3v) is 6.35. The molecule has 0 atom stereocenters. The number of rotatable bonds is 3. The van der Waals surface area contributed by atoms with Crippen LogP contribution in [0.1, 0.15) is 0 Å². The summed E-state index contributed by atoms with van der Waals surface area (Å²) in [6.45, 7) is 0.823. The lowest BCUT2D eigenvalue weighted by Crippen LogP contribution is -2.50. The maximum atomic E-state index is 12.3. The van der Waals surface area contributed by atoms with Gasteiger partial charge in [-0.3, -0.25) is 0 Å². The molecule has 8 heteroatoms. The van der Waals surface area contributed by atoms with Crippen molar-refractivity contribution < 1.29 is 8.42 Å². The Morgan fingerprint density at radius 1 is 1.28 bits per heavy atom. The SMILES string of the molecule is O=S(=O)(c1c(Cl)cc(Br)cc1Cl)N1CC(CCl)C1. The van der Waals surface area contributed by atoms with E-state index in [-0.39, 0.29) is 20.9 Å². The Morgan fingerprint density at radius 3 is 2.22 bits per heavy atom. The topological polar surface area (TPSA) is 37.4 Å². The van der Waals surface area contributed by atoms with Gasteiger partial charge in [-0.05, 0) is 12.1 Å². The summed E-state index contributed by atoms with van der Waals surface area (Å²) >= 11 is 20.8. The van der Waals surface area contributed by atoms with Gasteiger partial charge in [0.2, 0.25) is 10.0 Å². The molecule has 0 radical (unpaired) electrons. The zero-order chi connectivity index (χ0) is 13.5. The van der Waals surface area contributed by atoms with Gasteiger partial charge in [0.1, 0.15) is 4.90 Å². The molecule has 1 aliphatic heterocycles. The normalized spacial score (nSPS) is 17.8. The average Bonchev–Trinajstić information content (AvgIpc) is 2.12. The second kappa shape index (κ2) is 5.46. The maximum Gasteiger partial charge on any atom is 0.246 e. The number of hydrogen-bond donors (Lipinski definition) is 0. The summed E-state index contributed by atoms with van der Waals surface area (Å²) in [4.78, 5) is -0.0398. The largest absolute Gasteiger partial charge is 0.246 e. The second-order valence-electron chi connectivity index (χ2n) is 4.04. The summed E-state index contributed by atoms with van der Waals surface area (Å²) in [5.41, 5.74) is 0. The molecule has 0 saturated carbocycles. The van der Waals surface area contributed by atoms with Crippen LogP contribution in [0.15, 0.2) is 21.5 Å². The Labute approximate surface area is 129 Å². The summed E-state index contributed by atoms with van der Waals surface area (Å²) in [5.74, 6) is 0.655. The van der Waals surface area contributed by atoms with Gasteiger partial charge in [0.25, 0.3) is 0 Å². The van der Waals surface area contributed by atoms with E-state index in [9.17, 15) is 8.42 Å². The average molecular weight is 394 g/mol. The van der Waals surface area contributed by atoms with Crippen LogP contribution in [0.2, 0.25) is 10.0 Å². The fourth-order valence-corrected chi connectivity index (χ4v) is 5.39. The first-order valence-corrected chi connectivity index (χ1v) is 8.59. The van der Waals surface area contributed by atoms with Crippen LogP contribution >= 0.6 is 50.7 Å². The third-order valence-electron chi connectivity index (χ3n) is 2.70. The van der Waals surface area contributed by atoms with Crippen LogP contribution in [0.25, 0.3) is 0 Å². The summed E-state index contributed by atoms with van der Waals surface area (Å²) < 4.78 is 26.6. The lowest BCUT2D eigenvalue weighted by molar-refractivity contribution is 0.221. The quantitative estimate of drug-likeness (QED) is 0.736. The minimum atomic E-state index is -3.63. The predicted molar refractivity (Wildman–Crippen MR) is 77.1 cm³/mol. The Hall–Kier alpha value is 0.480. The summed E-state index contributed by atoms with van der Waals surface area (Å²) in [6, 6.07) is 3.03. The van der Waals surface area contributed by atoms with Crippen molar-refractivity contribution in [3.63, 3.8) is 0 Å². The van der Waals surface area contributed by atoms with E-state index in [0.717, 1.165) is 0 Å². The van der Waals surface area contributed by atoms with Gasteiger partial charge in [0, 0.05) is 29.4 Å². The molecule has 1 saturated heterocycles. The molecule has 2 rings (SSSR count). The zero-order valence-electron chi connectivity index (χ0n) is 9.04. The van der Waals surface area contributed by atoms with Gasteiger partial charge in [-0.15, -0.1) is 11.6 Å². The highest BCUT2D eigenvalue weighted by Crippen LogP contribution is 2.36. The molecule has 0 spiro atoms. The highest BCUT2D eigenvalue weighted by Gasteiger charge is 2.38. The van der Waals surface area contributed by atoms with Crippen molar-refractivity contribution in [3.05, 3.63) is 26.7 Å². The molecule has 1 fully saturated rings. The molecule has 0 aromatic heterocycles. The molecule has 100 valence electrons. The van der Waals surface area contributed by atoms with E-state index in [1.54, 1.807) is 0 Å². The van der Waals surface area contributed by atoms with Crippen LogP contribution in [0.3, 0.4) is 0 Å². The first kappa shape index (κ1) is 14.9. The Balaban J connectivity index is 2.37. The van der Waals surface area contributed by atoms with E-state index in [4.69, 9.17) is 34.8 Å². The number of hydrogen-bond acceptors (Lipinski definition) is 2. The van der Waals surface area contributed by atoms with E-state index < -0.39 is 10.0 Å². The Bertz CT molecular complexity index is 549. The number of alkyl halides is 1. The van der Waals surface area contributed by atoms with Gasteiger partial charge in [0.15, 0.2) is 0 Å². The summed E-state index contributed by atoms with van der Waals surface area (Å²) in [6.07, 6.45) is 0. The maximum absolute atomic E-state index is 12.3. The molecular weight excluding hydrogens is 384 g/mol. The lowest BCUT2D eigenvalue weighted by atomic mass is 10.1. The van der Waals surface area contributed by atoms with Crippen LogP contribution in [-0.4, -0.2) is 31.7 Å². The smallest absolute Gasteiger partial charge is 0.207 e. The molecule has 3 nitrogen and oxygen atoms in total. The van der Waals surface area contributed by atoms with Crippen molar-refractivity contribution in [3.8, 4) is 0 Å². The third kappa shape index (κ3) is 2.67. The molecule has 0 bridgehead atoms. The predicted octanol–water partition coefficient (Wildman–Crippen LogP) is 3.62. The van der Waals surface area contributed by atoms with E-state index in [0.29, 0.717) is 23.4 Å². The van der Waals surface area contributed by atoms with Crippen molar-refractivity contribution in [1.82, 2.24) is 4.31 Å². The molecule has 1 heterocycles. The van der Waals surface area contributed by atoms with E-state index in [1.165, 1.54) is 16.4 Å². The molecule has 0 aliphatic carbocycles. The fourth-order valence-electron chi connectivity index (χ4n) is 1.72. The molecular formula is C10H9BrCl3NO2S. The highest BCUT2D eigenvalue weighted by molar-refractivity contribution is 9.10. The van der Waals surface area contributed by atoms with Crippen molar-refractivity contribution in [2.24, 2.45) is 5.92 Å². The lowest BCUT2D eigenvalue weighted by Gasteiger charge is -2.37. The van der Waals surface area contributed by atoms with E-state index in [2.05, 4.69) is 15.9 Å². The van der Waals surface area contributed by atoms with Gasteiger partial charge in [-0.1, -0.05) is 39.1 Å². The summed E-state index contributed by atoms with van der Waals surface area (Å²) in [5, 5.41) is 0.229. The minimum absolute atomic E-state index is 0.0398. The standard InChI is InChI=1S/C10H9BrCl3NO2S/c11-7-1-8(13)10(9(14)2-7)18(16,17)15-4-6(3-12)5-15/h1-2,6H,3-5H2. The number of benzene rings is 1. The molecule has 0 N–H and O–H groups in total. The van der Waals surface area contributed by atoms with Crippen LogP contribution in [-0.2, 0) is 10.0 Å². The Kier molecular flexibility index (Phi) is 4.52. The van der Waals surface area contributed by atoms with Crippen LogP contribution in [0.4, 0.5) is 0 Å². The zero-order valence-corrected chi connectivity index (χ0v) is 13.7. The minimum Gasteiger partial charge on any atom is -0.207 e.